The fraction of sp³-hybridized carbons (Fsp3) is 0.0833. The van der Waals surface area contributed by atoms with E-state index in [0.29, 0.717) is 12.2 Å². The molecule has 2 aromatic rings. The lowest BCUT2D eigenvalue weighted by atomic mass is 10.1. The van der Waals surface area contributed by atoms with Gasteiger partial charge >= 0.3 is 0 Å². The molecule has 0 saturated heterocycles. The summed E-state index contributed by atoms with van der Waals surface area (Å²) in [5.41, 5.74) is 3.19. The van der Waals surface area contributed by atoms with E-state index in [2.05, 4.69) is 15.3 Å². The predicted octanol–water partition coefficient (Wildman–Crippen LogP) is 1.39. The Morgan fingerprint density at radius 2 is 2.19 bits per heavy atom. The highest BCUT2D eigenvalue weighted by Crippen LogP contribution is 2.20. The summed E-state index contributed by atoms with van der Waals surface area (Å²) >= 11 is 0. The molecule has 0 aliphatic carbocycles. The molecular weight excluding hydrogens is 202 g/mol. The summed E-state index contributed by atoms with van der Waals surface area (Å²) in [5, 5.41) is 2.75. The van der Waals surface area contributed by atoms with Crippen LogP contribution >= 0.6 is 0 Å². The largest absolute Gasteiger partial charge is 0.347 e. The lowest BCUT2D eigenvalue weighted by molar-refractivity contribution is 0.0961. The van der Waals surface area contributed by atoms with Gasteiger partial charge in [0.2, 0.25) is 0 Å². The number of pyridine rings is 2. The van der Waals surface area contributed by atoms with Crippen LogP contribution in [-0.4, -0.2) is 15.9 Å². The summed E-state index contributed by atoms with van der Waals surface area (Å²) in [6.45, 7) is 0.578. The van der Waals surface area contributed by atoms with Crippen LogP contribution in [0.4, 0.5) is 0 Å². The van der Waals surface area contributed by atoms with Crippen LogP contribution in [-0.2, 0) is 6.54 Å². The molecule has 0 saturated carbocycles. The third-order valence-corrected chi connectivity index (χ3v) is 2.59. The van der Waals surface area contributed by atoms with Crippen molar-refractivity contribution in [2.24, 2.45) is 0 Å². The number of hydrogen-bond acceptors (Lipinski definition) is 3. The molecule has 4 heteroatoms. The minimum Gasteiger partial charge on any atom is -0.347 e. The van der Waals surface area contributed by atoms with Gasteiger partial charge in [-0.15, -0.1) is 0 Å². The summed E-state index contributed by atoms with van der Waals surface area (Å²) in [7, 11) is 0. The molecule has 0 fully saturated rings. The maximum absolute atomic E-state index is 11.5. The molecule has 1 aliphatic rings. The number of hydrogen-bond donors (Lipinski definition) is 1. The molecule has 78 valence electrons. The number of nitrogens with one attached hydrogen (secondary N) is 1. The third-order valence-electron chi connectivity index (χ3n) is 2.59. The molecule has 3 heterocycles. The second-order valence-corrected chi connectivity index (χ2v) is 3.63. The Kier molecular flexibility index (Phi) is 1.93. The summed E-state index contributed by atoms with van der Waals surface area (Å²) in [4.78, 5) is 19.8. The van der Waals surface area contributed by atoms with Crippen molar-refractivity contribution in [1.82, 2.24) is 15.3 Å². The maximum Gasteiger partial charge on any atom is 0.270 e. The minimum absolute atomic E-state index is 0.0965. The van der Waals surface area contributed by atoms with Gasteiger partial charge in [0.15, 0.2) is 0 Å². The van der Waals surface area contributed by atoms with Crippen LogP contribution in [0, 0.1) is 0 Å². The van der Waals surface area contributed by atoms with Crippen molar-refractivity contribution >= 4 is 5.91 Å². The van der Waals surface area contributed by atoms with Crippen molar-refractivity contribution < 1.29 is 4.79 Å². The van der Waals surface area contributed by atoms with Gasteiger partial charge in [-0.25, -0.2) is 4.98 Å². The number of carbonyl (C=O) groups excluding carboxylic acids is 1. The zero-order valence-corrected chi connectivity index (χ0v) is 8.47. The predicted molar refractivity (Wildman–Crippen MR) is 58.6 cm³/mol. The van der Waals surface area contributed by atoms with Crippen molar-refractivity contribution in [2.75, 3.05) is 0 Å². The van der Waals surface area contributed by atoms with E-state index in [1.54, 1.807) is 12.4 Å². The number of nitrogens with zero attached hydrogens (tertiary/aromatic N) is 2. The zero-order chi connectivity index (χ0) is 11.0. The van der Waals surface area contributed by atoms with Crippen molar-refractivity contribution in [3.8, 4) is 11.3 Å². The molecule has 0 unspecified atom stereocenters. The SMILES string of the molecule is O=C1NCc2ccc(-c3cccnc3)nc21. The zero-order valence-electron chi connectivity index (χ0n) is 8.47. The average Bonchev–Trinajstić information content (AvgIpc) is 2.72. The van der Waals surface area contributed by atoms with Crippen LogP contribution in [0.3, 0.4) is 0 Å². The van der Waals surface area contributed by atoms with Gasteiger partial charge < -0.3 is 5.32 Å². The molecule has 1 aliphatic heterocycles. The Morgan fingerprint density at radius 3 is 3.00 bits per heavy atom. The molecule has 3 rings (SSSR count). The molecule has 0 bridgehead atoms. The first-order valence-corrected chi connectivity index (χ1v) is 5.03. The fourth-order valence-corrected chi connectivity index (χ4v) is 1.76. The number of rotatable bonds is 1. The third kappa shape index (κ3) is 1.35. The van der Waals surface area contributed by atoms with Crippen LogP contribution < -0.4 is 5.32 Å². The van der Waals surface area contributed by atoms with Crippen LogP contribution in [0.5, 0.6) is 0 Å². The average molecular weight is 211 g/mol. The fourth-order valence-electron chi connectivity index (χ4n) is 1.76. The topological polar surface area (TPSA) is 54.9 Å². The molecule has 1 N–H and O–H groups in total. The Balaban J connectivity index is 2.11. The quantitative estimate of drug-likeness (QED) is 0.775. The molecule has 16 heavy (non-hydrogen) atoms. The molecule has 4 nitrogen and oxygen atoms in total. The normalized spacial score (nSPS) is 13.4. The molecule has 0 aromatic carbocycles. The standard InChI is InChI=1S/C12H9N3O/c16-12-11-9(7-14-12)3-4-10(15-11)8-2-1-5-13-6-8/h1-6H,7H2,(H,14,16). The van der Waals surface area contributed by atoms with Crippen LogP contribution in [0.2, 0.25) is 0 Å². The number of fused-ring (bicyclic) bond motifs is 1. The van der Waals surface area contributed by atoms with Gasteiger partial charge in [-0.3, -0.25) is 9.78 Å². The van der Waals surface area contributed by atoms with E-state index in [-0.39, 0.29) is 5.91 Å². The highest BCUT2D eigenvalue weighted by molar-refractivity contribution is 5.96. The highest BCUT2D eigenvalue weighted by Gasteiger charge is 2.20. The first kappa shape index (κ1) is 9.03. The van der Waals surface area contributed by atoms with E-state index in [9.17, 15) is 4.79 Å². The van der Waals surface area contributed by atoms with Crippen molar-refractivity contribution in [3.63, 3.8) is 0 Å². The first-order chi connectivity index (χ1) is 7.84. The lowest BCUT2D eigenvalue weighted by Crippen LogP contribution is -2.13. The lowest BCUT2D eigenvalue weighted by Gasteiger charge is -2.01. The van der Waals surface area contributed by atoms with E-state index in [0.717, 1.165) is 16.8 Å². The Bertz CT molecular complexity index is 551. The van der Waals surface area contributed by atoms with Crippen molar-refractivity contribution in [1.29, 1.82) is 0 Å². The van der Waals surface area contributed by atoms with E-state index in [4.69, 9.17) is 0 Å². The summed E-state index contributed by atoms with van der Waals surface area (Å²) in [6.07, 6.45) is 3.45. The van der Waals surface area contributed by atoms with E-state index in [1.807, 2.05) is 24.3 Å². The van der Waals surface area contributed by atoms with Crippen molar-refractivity contribution in [3.05, 3.63) is 47.9 Å². The van der Waals surface area contributed by atoms with Crippen LogP contribution in [0.15, 0.2) is 36.7 Å². The van der Waals surface area contributed by atoms with Gasteiger partial charge in [-0.05, 0) is 18.2 Å². The van der Waals surface area contributed by atoms with Gasteiger partial charge in [-0.2, -0.15) is 0 Å². The second kappa shape index (κ2) is 3.41. The summed E-state index contributed by atoms with van der Waals surface area (Å²) in [6, 6.07) is 7.62. The number of amides is 1. The summed E-state index contributed by atoms with van der Waals surface area (Å²) in [5.74, 6) is -0.0965. The number of carbonyl (C=O) groups is 1. The van der Waals surface area contributed by atoms with Crippen molar-refractivity contribution in [2.45, 2.75) is 6.54 Å². The molecule has 2 aromatic heterocycles. The monoisotopic (exact) mass is 211 g/mol. The van der Waals surface area contributed by atoms with Gasteiger partial charge in [0, 0.05) is 30.1 Å². The molecule has 0 radical (unpaired) electrons. The molecule has 0 spiro atoms. The molecule has 0 atom stereocenters. The molecular formula is C12H9N3O. The maximum atomic E-state index is 11.5. The highest BCUT2D eigenvalue weighted by atomic mass is 16.2. The Morgan fingerprint density at radius 1 is 1.25 bits per heavy atom. The summed E-state index contributed by atoms with van der Waals surface area (Å²) < 4.78 is 0. The van der Waals surface area contributed by atoms with Gasteiger partial charge in [0.05, 0.1) is 5.69 Å². The van der Waals surface area contributed by atoms with Gasteiger partial charge in [0.1, 0.15) is 5.69 Å². The Labute approximate surface area is 92.4 Å². The van der Waals surface area contributed by atoms with E-state index < -0.39 is 0 Å². The number of aromatic nitrogens is 2. The van der Waals surface area contributed by atoms with Crippen LogP contribution in [0.1, 0.15) is 16.1 Å². The minimum atomic E-state index is -0.0965. The molecule has 1 amide bonds. The van der Waals surface area contributed by atoms with Gasteiger partial charge in [0.25, 0.3) is 5.91 Å². The van der Waals surface area contributed by atoms with E-state index in [1.165, 1.54) is 0 Å². The van der Waals surface area contributed by atoms with Crippen LogP contribution in [0.25, 0.3) is 11.3 Å². The van der Waals surface area contributed by atoms with E-state index >= 15 is 0 Å². The second-order valence-electron chi connectivity index (χ2n) is 3.63. The first-order valence-electron chi connectivity index (χ1n) is 5.03. The Hall–Kier alpha value is -2.23. The van der Waals surface area contributed by atoms with Gasteiger partial charge in [-0.1, -0.05) is 6.07 Å². The smallest absolute Gasteiger partial charge is 0.270 e.